The van der Waals surface area contributed by atoms with Crippen LogP contribution in [0.1, 0.15) is 13.8 Å². The molecular formula is C7H14N2OS. The maximum absolute atomic E-state index is 10.8. The topological polar surface area (TPSA) is 52.9 Å². The zero-order chi connectivity index (χ0) is 8.85. The van der Waals surface area contributed by atoms with Crippen LogP contribution in [0.5, 0.6) is 0 Å². The molecule has 4 heteroatoms. The lowest BCUT2D eigenvalue weighted by Gasteiger charge is -2.10. The number of nitrogens with one attached hydrogen (secondary N) is 1. The van der Waals surface area contributed by atoms with E-state index in [0.29, 0.717) is 6.54 Å². The maximum Gasteiger partial charge on any atom is 0.0924 e. The highest BCUT2D eigenvalue weighted by molar-refractivity contribution is 7.84. The summed E-state index contributed by atoms with van der Waals surface area (Å²) in [7, 11) is -0.801. The van der Waals surface area contributed by atoms with Crippen molar-refractivity contribution in [2.75, 3.05) is 12.8 Å². The van der Waals surface area contributed by atoms with Gasteiger partial charge in [-0.05, 0) is 13.8 Å². The molecule has 0 aromatic rings. The second kappa shape index (κ2) is 5.28. The summed E-state index contributed by atoms with van der Waals surface area (Å²) >= 11 is 0. The van der Waals surface area contributed by atoms with E-state index in [4.69, 9.17) is 5.26 Å². The second-order valence-electron chi connectivity index (χ2n) is 2.57. The van der Waals surface area contributed by atoms with Gasteiger partial charge in [0.25, 0.3) is 0 Å². The molecule has 11 heavy (non-hydrogen) atoms. The number of nitriles is 1. The molecule has 0 saturated heterocycles. The van der Waals surface area contributed by atoms with Crippen molar-refractivity contribution in [2.45, 2.75) is 25.1 Å². The van der Waals surface area contributed by atoms with Gasteiger partial charge in [0.15, 0.2) is 0 Å². The highest BCUT2D eigenvalue weighted by Gasteiger charge is 2.06. The third-order valence-corrected chi connectivity index (χ3v) is 2.77. The zero-order valence-corrected chi connectivity index (χ0v) is 7.94. The quantitative estimate of drug-likeness (QED) is 0.665. The van der Waals surface area contributed by atoms with Crippen LogP contribution in [0.25, 0.3) is 0 Å². The van der Waals surface area contributed by atoms with Crippen molar-refractivity contribution in [3.8, 4) is 6.07 Å². The molecule has 0 heterocycles. The summed E-state index contributed by atoms with van der Waals surface area (Å²) in [5, 5.41) is 11.5. The molecular weight excluding hydrogens is 160 g/mol. The molecule has 0 amide bonds. The molecule has 0 radical (unpaired) electrons. The molecule has 0 aliphatic rings. The summed E-state index contributed by atoms with van der Waals surface area (Å²) in [6, 6.07) is 1.90. The third kappa shape index (κ3) is 4.93. The van der Waals surface area contributed by atoms with Crippen LogP contribution < -0.4 is 5.32 Å². The summed E-state index contributed by atoms with van der Waals surface area (Å²) in [5.41, 5.74) is 0. The van der Waals surface area contributed by atoms with E-state index in [9.17, 15) is 4.21 Å². The van der Waals surface area contributed by atoms with Crippen LogP contribution in [0, 0.1) is 11.3 Å². The van der Waals surface area contributed by atoms with Crippen molar-refractivity contribution in [2.24, 2.45) is 0 Å². The Hall–Kier alpha value is -0.400. The average molecular weight is 174 g/mol. The predicted octanol–water partition coefficient (Wildman–Crippen LogP) is 0.255. The maximum atomic E-state index is 10.8. The van der Waals surface area contributed by atoms with Gasteiger partial charge in [0.1, 0.15) is 0 Å². The first-order valence-corrected chi connectivity index (χ1v) is 5.15. The first kappa shape index (κ1) is 10.6. The van der Waals surface area contributed by atoms with Gasteiger partial charge in [-0.2, -0.15) is 5.26 Å². The number of nitrogens with zero attached hydrogens (tertiary/aromatic N) is 1. The Morgan fingerprint density at radius 2 is 2.18 bits per heavy atom. The van der Waals surface area contributed by atoms with E-state index in [0.717, 1.165) is 0 Å². The minimum Gasteiger partial charge on any atom is -0.301 e. The Morgan fingerprint density at radius 3 is 2.55 bits per heavy atom. The van der Waals surface area contributed by atoms with E-state index < -0.39 is 10.8 Å². The van der Waals surface area contributed by atoms with Crippen LogP contribution in [-0.2, 0) is 10.8 Å². The Labute approximate surface area is 70.2 Å². The first-order valence-electron chi connectivity index (χ1n) is 3.53. The fourth-order valence-electron chi connectivity index (χ4n) is 0.506. The van der Waals surface area contributed by atoms with E-state index in [1.807, 2.05) is 13.0 Å². The third-order valence-electron chi connectivity index (χ3n) is 1.47. The molecule has 0 rings (SSSR count). The number of rotatable bonds is 4. The van der Waals surface area contributed by atoms with Crippen molar-refractivity contribution in [3.05, 3.63) is 0 Å². The Kier molecular flexibility index (Phi) is 5.08. The van der Waals surface area contributed by atoms with Crippen LogP contribution in [-0.4, -0.2) is 28.3 Å². The van der Waals surface area contributed by atoms with Crippen LogP contribution in [0.2, 0.25) is 0 Å². The lowest BCUT2D eigenvalue weighted by molar-refractivity contribution is 0.621. The monoisotopic (exact) mass is 174 g/mol. The van der Waals surface area contributed by atoms with E-state index >= 15 is 0 Å². The van der Waals surface area contributed by atoms with Crippen molar-refractivity contribution < 1.29 is 4.21 Å². The Balaban J connectivity index is 3.55. The van der Waals surface area contributed by atoms with Crippen molar-refractivity contribution >= 4 is 10.8 Å². The summed E-state index contributed by atoms with van der Waals surface area (Å²) in [6.07, 6.45) is 1.67. The molecule has 0 saturated carbocycles. The van der Waals surface area contributed by atoms with E-state index in [2.05, 4.69) is 5.32 Å². The van der Waals surface area contributed by atoms with E-state index in [1.54, 1.807) is 13.2 Å². The minimum absolute atomic E-state index is 0.116. The first-order chi connectivity index (χ1) is 5.07. The van der Waals surface area contributed by atoms with Crippen molar-refractivity contribution in [1.29, 1.82) is 5.26 Å². The lowest BCUT2D eigenvalue weighted by atomic mass is 10.3. The van der Waals surface area contributed by atoms with Gasteiger partial charge in [-0.1, -0.05) is 0 Å². The van der Waals surface area contributed by atoms with E-state index in [1.165, 1.54) is 0 Å². The second-order valence-corrected chi connectivity index (χ2v) is 4.37. The molecule has 3 unspecified atom stereocenters. The lowest BCUT2D eigenvalue weighted by Crippen LogP contribution is -2.33. The van der Waals surface area contributed by atoms with Gasteiger partial charge in [0, 0.05) is 28.9 Å². The van der Waals surface area contributed by atoms with Gasteiger partial charge >= 0.3 is 0 Å². The van der Waals surface area contributed by atoms with Crippen molar-refractivity contribution in [3.63, 3.8) is 0 Å². The van der Waals surface area contributed by atoms with Gasteiger partial charge < -0.3 is 5.32 Å². The SMILES string of the molecule is CC(C#N)NCC(C)S(C)=O. The summed E-state index contributed by atoms with van der Waals surface area (Å²) < 4.78 is 10.8. The van der Waals surface area contributed by atoms with Gasteiger partial charge in [-0.15, -0.1) is 0 Å². The average Bonchev–Trinajstić information content (AvgIpc) is 1.99. The molecule has 0 aliphatic heterocycles. The molecule has 1 N–H and O–H groups in total. The Morgan fingerprint density at radius 1 is 1.64 bits per heavy atom. The van der Waals surface area contributed by atoms with E-state index in [-0.39, 0.29) is 11.3 Å². The largest absolute Gasteiger partial charge is 0.301 e. The zero-order valence-electron chi connectivity index (χ0n) is 7.13. The summed E-state index contributed by atoms with van der Waals surface area (Å²) in [4.78, 5) is 0. The summed E-state index contributed by atoms with van der Waals surface area (Å²) in [5.74, 6) is 0. The smallest absolute Gasteiger partial charge is 0.0924 e. The van der Waals surface area contributed by atoms with Crippen LogP contribution >= 0.6 is 0 Å². The van der Waals surface area contributed by atoms with Crippen LogP contribution in [0.15, 0.2) is 0 Å². The van der Waals surface area contributed by atoms with Crippen molar-refractivity contribution in [1.82, 2.24) is 5.32 Å². The highest BCUT2D eigenvalue weighted by atomic mass is 32.2. The molecule has 3 nitrogen and oxygen atoms in total. The fraction of sp³-hybridized carbons (Fsp3) is 0.857. The normalized spacial score (nSPS) is 18.4. The fourth-order valence-corrected chi connectivity index (χ4v) is 0.837. The highest BCUT2D eigenvalue weighted by Crippen LogP contribution is 1.90. The molecule has 0 fully saturated rings. The predicted molar refractivity (Wildman–Crippen MR) is 46.6 cm³/mol. The summed E-state index contributed by atoms with van der Waals surface area (Å²) in [6.45, 7) is 4.32. The standard InChI is InChI=1S/C7H14N2OS/c1-6(4-8)9-5-7(2)11(3)10/h6-7,9H,5H2,1-3H3. The molecule has 0 aromatic carbocycles. The Bertz CT molecular complexity index is 176. The van der Waals surface area contributed by atoms with Crippen LogP contribution in [0.4, 0.5) is 0 Å². The molecule has 64 valence electrons. The van der Waals surface area contributed by atoms with Gasteiger partial charge in [-0.3, -0.25) is 4.21 Å². The van der Waals surface area contributed by atoms with Gasteiger partial charge in [0.2, 0.25) is 0 Å². The van der Waals surface area contributed by atoms with Gasteiger partial charge in [-0.25, -0.2) is 0 Å². The molecule has 0 aromatic heterocycles. The van der Waals surface area contributed by atoms with Crippen LogP contribution in [0.3, 0.4) is 0 Å². The molecule has 0 spiro atoms. The minimum atomic E-state index is -0.801. The molecule has 3 atom stereocenters. The number of hydrogen-bond acceptors (Lipinski definition) is 3. The van der Waals surface area contributed by atoms with Gasteiger partial charge in [0.05, 0.1) is 12.1 Å². The molecule has 0 bridgehead atoms. The molecule has 0 aliphatic carbocycles. The number of hydrogen-bond donors (Lipinski definition) is 1.